The first-order chi connectivity index (χ1) is 17.9. The monoisotopic (exact) mass is 553 g/mol. The van der Waals surface area contributed by atoms with Gasteiger partial charge in [0, 0.05) is 37.8 Å². The van der Waals surface area contributed by atoms with Crippen molar-refractivity contribution < 1.29 is 34.1 Å². The second-order valence-electron chi connectivity index (χ2n) is 10.2. The van der Waals surface area contributed by atoms with Gasteiger partial charge in [0.15, 0.2) is 5.96 Å². The van der Waals surface area contributed by atoms with Gasteiger partial charge in [-0.3, -0.25) is 19.3 Å². The molecule has 0 spiro atoms. The van der Waals surface area contributed by atoms with Gasteiger partial charge in [0.05, 0.1) is 35.1 Å². The molecule has 7 N–H and O–H groups in total. The molecule has 4 rings (SSSR count). The third-order valence-electron chi connectivity index (χ3n) is 7.74. The third-order valence-corrected chi connectivity index (χ3v) is 9.24. The predicted octanol–water partition coefficient (Wildman–Crippen LogP) is -1.50. The van der Waals surface area contributed by atoms with Crippen LogP contribution in [0.5, 0.6) is 0 Å². The molecule has 7 atom stereocenters. The zero-order valence-electron chi connectivity index (χ0n) is 21.6. The van der Waals surface area contributed by atoms with Crippen LogP contribution in [0, 0.1) is 11.8 Å². The Morgan fingerprint density at radius 2 is 2.05 bits per heavy atom. The molecule has 0 bridgehead atoms. The van der Waals surface area contributed by atoms with Crippen LogP contribution in [0.1, 0.15) is 26.7 Å². The molecule has 3 amide bonds. The molecule has 0 saturated carbocycles. The molecule has 6 unspecified atom stereocenters. The number of likely N-dealkylation sites (N-methyl/N-ethyl adjacent to an activating group) is 1. The van der Waals surface area contributed by atoms with Gasteiger partial charge in [0.25, 0.3) is 0 Å². The number of nitrogens with one attached hydrogen (secondary N) is 1. The van der Waals surface area contributed by atoms with Crippen molar-refractivity contribution in [2.45, 2.75) is 56.2 Å². The number of aliphatic imine (C=N–C) groups is 1. The highest BCUT2D eigenvalue weighted by Gasteiger charge is 2.60. The predicted molar refractivity (Wildman–Crippen MR) is 137 cm³/mol. The van der Waals surface area contributed by atoms with Gasteiger partial charge >= 0.3 is 6.16 Å². The molecule has 4 aliphatic rings. The van der Waals surface area contributed by atoms with Gasteiger partial charge in [0.2, 0.25) is 23.6 Å². The summed E-state index contributed by atoms with van der Waals surface area (Å²) in [4.78, 5) is 58.6. The molecular weight excluding hydrogens is 518 g/mol. The zero-order chi connectivity index (χ0) is 27.9. The van der Waals surface area contributed by atoms with Crippen molar-refractivity contribution >= 4 is 41.6 Å². The van der Waals surface area contributed by atoms with Crippen LogP contribution in [-0.4, -0.2) is 117 Å². The average Bonchev–Trinajstić information content (AvgIpc) is 3.56. The van der Waals surface area contributed by atoms with Crippen molar-refractivity contribution in [1.29, 1.82) is 0 Å². The lowest BCUT2D eigenvalue weighted by Crippen LogP contribution is -2.63. The number of aliphatic hydroxyl groups excluding tert-OH is 1. The lowest BCUT2D eigenvalue weighted by atomic mass is 9.79. The molecule has 210 valence electrons. The number of carboxylic acid groups (broad SMARTS) is 1. The third kappa shape index (κ3) is 5.27. The van der Waals surface area contributed by atoms with Crippen LogP contribution in [0.3, 0.4) is 0 Å². The smallest absolute Gasteiger partial charge is 0.449 e. The summed E-state index contributed by atoms with van der Waals surface area (Å²) in [5, 5.41) is 22.5. The number of amides is 3. The fourth-order valence-corrected chi connectivity index (χ4v) is 7.14. The molecule has 4 aliphatic heterocycles. The van der Waals surface area contributed by atoms with E-state index in [2.05, 4.69) is 10.3 Å². The highest BCUT2D eigenvalue weighted by Crippen LogP contribution is 2.52. The van der Waals surface area contributed by atoms with E-state index in [4.69, 9.17) is 16.2 Å². The first kappa shape index (κ1) is 28.0. The van der Waals surface area contributed by atoms with E-state index in [1.165, 1.54) is 16.7 Å². The molecule has 3 saturated heterocycles. The van der Waals surface area contributed by atoms with Crippen LogP contribution in [-0.2, 0) is 19.1 Å². The van der Waals surface area contributed by atoms with Gasteiger partial charge in [-0.15, -0.1) is 11.8 Å². The van der Waals surface area contributed by atoms with E-state index >= 15 is 0 Å². The minimum Gasteiger partial charge on any atom is -0.449 e. The largest absolute Gasteiger partial charge is 0.512 e. The second kappa shape index (κ2) is 11.0. The molecule has 14 nitrogen and oxygen atoms in total. The van der Waals surface area contributed by atoms with Gasteiger partial charge in [0.1, 0.15) is 6.54 Å². The molecule has 15 heteroatoms. The standard InChI is InChI=1S/C23H35N7O7S/c1-10-17-16(11(2)31)20(34)30(17)21(37-23(35)36)18(10)38-13-6-14(26-7-13)19(33)29-5-4-12(9-29)28(3)15(32)8-27-22(24)25/h10-14,16-17,26,31H,4-9H2,1-3H3,(H,35,36)(H4,24,25,27)/t10?,11?,12?,13?,14?,16?,17-/m0/s1. The van der Waals surface area contributed by atoms with Gasteiger partial charge in [-0.1, -0.05) is 6.92 Å². The van der Waals surface area contributed by atoms with Gasteiger partial charge in [-0.05, 0) is 19.8 Å². The van der Waals surface area contributed by atoms with E-state index in [0.717, 1.165) is 0 Å². The fourth-order valence-electron chi connectivity index (χ4n) is 5.72. The van der Waals surface area contributed by atoms with Crippen molar-refractivity contribution in [1.82, 2.24) is 20.0 Å². The van der Waals surface area contributed by atoms with E-state index in [1.54, 1.807) is 23.8 Å². The average molecular weight is 554 g/mol. The number of thioether (sulfide) groups is 1. The number of fused-ring (bicyclic) bond motifs is 1. The maximum Gasteiger partial charge on any atom is 0.512 e. The maximum atomic E-state index is 13.2. The van der Waals surface area contributed by atoms with Crippen LogP contribution in [0.25, 0.3) is 0 Å². The highest BCUT2D eigenvalue weighted by atomic mass is 32.2. The Balaban J connectivity index is 1.36. The Morgan fingerprint density at radius 3 is 2.68 bits per heavy atom. The number of ether oxygens (including phenoxy) is 1. The zero-order valence-corrected chi connectivity index (χ0v) is 22.4. The Hall–Kier alpha value is -3.04. The number of hydrogen-bond donors (Lipinski definition) is 5. The van der Waals surface area contributed by atoms with Crippen molar-refractivity contribution in [2.24, 2.45) is 28.3 Å². The molecule has 3 fully saturated rings. The molecule has 0 radical (unpaired) electrons. The number of carbonyl (C=O) groups excluding carboxylic acids is 3. The molecule has 38 heavy (non-hydrogen) atoms. The van der Waals surface area contributed by atoms with E-state index in [0.29, 0.717) is 37.4 Å². The second-order valence-corrected chi connectivity index (χ2v) is 11.5. The minimum atomic E-state index is -1.51. The van der Waals surface area contributed by atoms with Crippen LogP contribution < -0.4 is 16.8 Å². The Bertz CT molecular complexity index is 1060. The number of hydrogen-bond acceptors (Lipinski definition) is 9. The molecule has 0 aromatic carbocycles. The summed E-state index contributed by atoms with van der Waals surface area (Å²) in [6.45, 7) is 4.75. The van der Waals surface area contributed by atoms with E-state index in [1.807, 2.05) is 6.92 Å². The number of guanidine groups is 1. The Kier molecular flexibility index (Phi) is 8.09. The summed E-state index contributed by atoms with van der Waals surface area (Å²) >= 11 is 1.41. The molecule has 4 heterocycles. The lowest BCUT2D eigenvalue weighted by Gasteiger charge is -2.45. The minimum absolute atomic E-state index is 0.00694. The van der Waals surface area contributed by atoms with Crippen LogP contribution in [0.2, 0.25) is 0 Å². The molecule has 0 aliphatic carbocycles. The van der Waals surface area contributed by atoms with Gasteiger partial charge in [-0.25, -0.2) is 9.79 Å². The van der Waals surface area contributed by atoms with Gasteiger partial charge in [-0.2, -0.15) is 0 Å². The number of nitrogens with zero attached hydrogens (tertiary/aromatic N) is 4. The number of aliphatic hydroxyl groups is 1. The van der Waals surface area contributed by atoms with E-state index < -0.39 is 24.2 Å². The van der Waals surface area contributed by atoms with Crippen molar-refractivity contribution in [3.63, 3.8) is 0 Å². The number of likely N-dealkylation sites (tertiary alicyclic amines) is 1. The first-order valence-electron chi connectivity index (χ1n) is 12.6. The molecule has 0 aromatic heterocycles. The van der Waals surface area contributed by atoms with Crippen LogP contribution >= 0.6 is 11.8 Å². The highest BCUT2D eigenvalue weighted by molar-refractivity contribution is 8.03. The lowest BCUT2D eigenvalue weighted by molar-refractivity contribution is -0.163. The summed E-state index contributed by atoms with van der Waals surface area (Å²) in [7, 11) is 1.67. The topological polar surface area (TPSA) is 204 Å². The van der Waals surface area contributed by atoms with E-state index in [-0.39, 0.29) is 59.4 Å². The summed E-state index contributed by atoms with van der Waals surface area (Å²) < 4.78 is 5.03. The molecular formula is C23H35N7O7S. The fraction of sp³-hybridized carbons (Fsp3) is 0.696. The summed E-state index contributed by atoms with van der Waals surface area (Å²) in [5.41, 5.74) is 10.6. The van der Waals surface area contributed by atoms with Crippen molar-refractivity contribution in [2.75, 3.05) is 33.2 Å². The summed E-state index contributed by atoms with van der Waals surface area (Å²) in [6.07, 6.45) is -1.21. The number of β-lactam (4-membered cyclic amide) rings is 1. The number of rotatable bonds is 8. The SMILES string of the molecule is CC(O)C1C(=O)N2C(OC(=O)O)=C(SC3CNC(C(=O)N4CCC(N(C)C(=O)CN=C(N)N)C4)C3)C(C)[C@@H]12. The number of nitrogens with two attached hydrogens (primary N) is 2. The van der Waals surface area contributed by atoms with Crippen molar-refractivity contribution in [3.8, 4) is 0 Å². The van der Waals surface area contributed by atoms with E-state index in [9.17, 15) is 29.4 Å². The Morgan fingerprint density at radius 1 is 1.34 bits per heavy atom. The normalized spacial score (nSPS) is 31.1. The maximum absolute atomic E-state index is 13.2. The van der Waals surface area contributed by atoms with Gasteiger partial charge < -0.3 is 41.5 Å². The summed E-state index contributed by atoms with van der Waals surface area (Å²) in [5.74, 6) is -1.61. The van der Waals surface area contributed by atoms with Crippen LogP contribution in [0.4, 0.5) is 4.79 Å². The number of carbonyl (C=O) groups is 4. The Labute approximate surface area is 224 Å². The quantitative estimate of drug-likeness (QED) is 0.101. The van der Waals surface area contributed by atoms with Crippen LogP contribution in [0.15, 0.2) is 15.8 Å². The first-order valence-corrected chi connectivity index (χ1v) is 13.4. The molecule has 0 aromatic rings. The summed E-state index contributed by atoms with van der Waals surface area (Å²) in [6, 6.07) is -0.908. The van der Waals surface area contributed by atoms with Crippen molar-refractivity contribution in [3.05, 3.63) is 10.8 Å².